The molecule has 0 fully saturated rings. The predicted molar refractivity (Wildman–Crippen MR) is 57.4 cm³/mol. The van der Waals surface area contributed by atoms with Crippen LogP contribution in [0.3, 0.4) is 0 Å². The van der Waals surface area contributed by atoms with E-state index in [2.05, 4.69) is 21.2 Å². The summed E-state index contributed by atoms with van der Waals surface area (Å²) in [7, 11) is 1.62. The van der Waals surface area contributed by atoms with Crippen molar-refractivity contribution >= 4 is 15.9 Å². The van der Waals surface area contributed by atoms with Crippen LogP contribution in [0.2, 0.25) is 0 Å². The molecule has 1 aliphatic heterocycles. The molecule has 2 N–H and O–H groups in total. The van der Waals surface area contributed by atoms with Gasteiger partial charge in [0.05, 0.1) is 13.2 Å². The molecule has 0 spiro atoms. The van der Waals surface area contributed by atoms with Crippen molar-refractivity contribution in [1.82, 2.24) is 5.32 Å². The van der Waals surface area contributed by atoms with E-state index in [0.29, 0.717) is 6.54 Å². The summed E-state index contributed by atoms with van der Waals surface area (Å²) in [5, 5.41) is 12.9. The van der Waals surface area contributed by atoms with Gasteiger partial charge in [0.15, 0.2) is 0 Å². The van der Waals surface area contributed by atoms with E-state index in [1.54, 1.807) is 7.11 Å². The van der Waals surface area contributed by atoms with E-state index >= 15 is 0 Å². The Morgan fingerprint density at radius 2 is 2.36 bits per heavy atom. The summed E-state index contributed by atoms with van der Waals surface area (Å²) in [6, 6.07) is 3.89. The number of methoxy groups -OCH3 is 1. The van der Waals surface area contributed by atoms with E-state index in [-0.39, 0.29) is 0 Å². The first-order valence-corrected chi connectivity index (χ1v) is 5.26. The average Bonchev–Trinajstić information content (AvgIpc) is 2.16. The van der Waals surface area contributed by atoms with Crippen molar-refractivity contribution in [3.05, 3.63) is 27.7 Å². The fraction of sp³-hybridized carbons (Fsp3) is 0.400. The quantitative estimate of drug-likeness (QED) is 0.803. The zero-order valence-electron chi connectivity index (χ0n) is 7.88. The van der Waals surface area contributed by atoms with Crippen LogP contribution >= 0.6 is 15.9 Å². The van der Waals surface area contributed by atoms with Crippen LogP contribution in [0.15, 0.2) is 16.6 Å². The fourth-order valence-electron chi connectivity index (χ4n) is 1.79. The van der Waals surface area contributed by atoms with Crippen LogP contribution in [0.5, 0.6) is 5.75 Å². The number of aliphatic hydroxyl groups excluding tert-OH is 1. The number of rotatable bonds is 1. The first-order valence-electron chi connectivity index (χ1n) is 4.47. The van der Waals surface area contributed by atoms with Gasteiger partial charge in [-0.2, -0.15) is 0 Å². The summed E-state index contributed by atoms with van der Waals surface area (Å²) in [6.07, 6.45) is -0.471. The van der Waals surface area contributed by atoms with Gasteiger partial charge in [-0.3, -0.25) is 0 Å². The summed E-state index contributed by atoms with van der Waals surface area (Å²) in [5.74, 6) is 0.753. The van der Waals surface area contributed by atoms with E-state index in [9.17, 15) is 5.11 Å². The van der Waals surface area contributed by atoms with Gasteiger partial charge in [0, 0.05) is 23.1 Å². The third-order valence-corrected chi connectivity index (χ3v) is 2.86. The Morgan fingerprint density at radius 3 is 3.07 bits per heavy atom. The van der Waals surface area contributed by atoms with Crippen molar-refractivity contribution in [2.75, 3.05) is 13.7 Å². The number of aliphatic hydroxyl groups is 1. The largest absolute Gasteiger partial charge is 0.496 e. The Balaban J connectivity index is 2.55. The van der Waals surface area contributed by atoms with Crippen LogP contribution in [0.1, 0.15) is 17.2 Å². The van der Waals surface area contributed by atoms with E-state index in [0.717, 1.165) is 27.9 Å². The molecule has 0 amide bonds. The van der Waals surface area contributed by atoms with Gasteiger partial charge in [0.2, 0.25) is 0 Å². The van der Waals surface area contributed by atoms with E-state index in [1.807, 2.05) is 12.1 Å². The minimum atomic E-state index is -0.471. The van der Waals surface area contributed by atoms with E-state index in [1.165, 1.54) is 0 Å². The molecule has 0 aliphatic carbocycles. The van der Waals surface area contributed by atoms with Crippen molar-refractivity contribution in [3.63, 3.8) is 0 Å². The molecule has 1 atom stereocenters. The van der Waals surface area contributed by atoms with Crippen molar-refractivity contribution in [2.24, 2.45) is 0 Å². The van der Waals surface area contributed by atoms with Gasteiger partial charge in [-0.05, 0) is 17.7 Å². The van der Waals surface area contributed by atoms with Crippen LogP contribution in [-0.4, -0.2) is 18.8 Å². The van der Waals surface area contributed by atoms with Gasteiger partial charge in [0.25, 0.3) is 0 Å². The minimum Gasteiger partial charge on any atom is -0.496 e. The number of nitrogens with one attached hydrogen (secondary N) is 1. The molecule has 3 nitrogen and oxygen atoms in total. The van der Waals surface area contributed by atoms with Gasteiger partial charge < -0.3 is 15.2 Å². The lowest BCUT2D eigenvalue weighted by molar-refractivity contribution is 0.160. The van der Waals surface area contributed by atoms with Crippen LogP contribution in [0.4, 0.5) is 0 Å². The van der Waals surface area contributed by atoms with Crippen LogP contribution in [0, 0.1) is 0 Å². The van der Waals surface area contributed by atoms with E-state index < -0.39 is 6.10 Å². The monoisotopic (exact) mass is 257 g/mol. The molecule has 0 bridgehead atoms. The number of hydrogen-bond acceptors (Lipinski definition) is 3. The molecule has 1 aliphatic rings. The summed E-state index contributed by atoms with van der Waals surface area (Å²) >= 11 is 3.41. The Bertz CT molecular complexity index is 337. The van der Waals surface area contributed by atoms with Gasteiger partial charge in [0.1, 0.15) is 5.75 Å². The normalized spacial score (nSPS) is 20.4. The maximum Gasteiger partial charge on any atom is 0.126 e. The van der Waals surface area contributed by atoms with Gasteiger partial charge in [-0.25, -0.2) is 0 Å². The lowest BCUT2D eigenvalue weighted by atomic mass is 9.98. The van der Waals surface area contributed by atoms with Gasteiger partial charge in [-0.15, -0.1) is 0 Å². The van der Waals surface area contributed by atoms with Gasteiger partial charge >= 0.3 is 0 Å². The SMILES string of the molecule is COc1cc(Br)cc2c1C(O)CNC2. The number of ether oxygens (including phenoxy) is 1. The Labute approximate surface area is 91.2 Å². The van der Waals surface area contributed by atoms with Gasteiger partial charge in [-0.1, -0.05) is 15.9 Å². The molecular formula is C10H12BrNO2. The van der Waals surface area contributed by atoms with Crippen molar-refractivity contribution in [3.8, 4) is 5.75 Å². The summed E-state index contributed by atoms with van der Waals surface area (Å²) < 4.78 is 6.22. The summed E-state index contributed by atoms with van der Waals surface area (Å²) in [5.41, 5.74) is 2.00. The topological polar surface area (TPSA) is 41.5 Å². The first-order chi connectivity index (χ1) is 6.72. The third kappa shape index (κ3) is 1.65. The second-order valence-corrected chi connectivity index (χ2v) is 4.24. The predicted octanol–water partition coefficient (Wildman–Crippen LogP) is 1.59. The number of benzene rings is 1. The molecule has 0 aromatic heterocycles. The second-order valence-electron chi connectivity index (χ2n) is 3.33. The molecule has 4 heteroatoms. The third-order valence-electron chi connectivity index (χ3n) is 2.40. The average molecular weight is 258 g/mol. The van der Waals surface area contributed by atoms with Crippen LogP contribution < -0.4 is 10.1 Å². The molecule has 1 aromatic rings. The molecule has 14 heavy (non-hydrogen) atoms. The fourth-order valence-corrected chi connectivity index (χ4v) is 2.27. The maximum absolute atomic E-state index is 9.81. The molecule has 2 rings (SSSR count). The molecule has 0 saturated heterocycles. The molecule has 1 heterocycles. The highest BCUT2D eigenvalue weighted by Crippen LogP contribution is 2.34. The standard InChI is InChI=1S/C10H12BrNO2/c1-14-9-3-7(11)2-6-4-12-5-8(13)10(6)9/h2-3,8,12-13H,4-5H2,1H3. The highest BCUT2D eigenvalue weighted by Gasteiger charge is 2.22. The van der Waals surface area contributed by atoms with E-state index in [4.69, 9.17) is 4.74 Å². The minimum absolute atomic E-state index is 0.471. The van der Waals surface area contributed by atoms with Crippen molar-refractivity contribution in [2.45, 2.75) is 12.6 Å². The maximum atomic E-state index is 9.81. The summed E-state index contributed by atoms with van der Waals surface area (Å²) in [4.78, 5) is 0. The smallest absolute Gasteiger partial charge is 0.126 e. The van der Waals surface area contributed by atoms with Crippen LogP contribution in [-0.2, 0) is 6.54 Å². The molecule has 1 unspecified atom stereocenters. The first kappa shape index (κ1) is 9.96. The second kappa shape index (κ2) is 3.88. The Hall–Kier alpha value is -0.580. The summed E-state index contributed by atoms with van der Waals surface area (Å²) in [6.45, 7) is 1.37. The lowest BCUT2D eigenvalue weighted by Crippen LogP contribution is -2.28. The molecule has 76 valence electrons. The number of β-amino-alcohol motifs (C(OH)–C–C–N with tert-alkyl or cyclic N) is 1. The Morgan fingerprint density at radius 1 is 1.57 bits per heavy atom. The highest BCUT2D eigenvalue weighted by molar-refractivity contribution is 9.10. The number of halogens is 1. The zero-order chi connectivity index (χ0) is 10.1. The molecular weight excluding hydrogens is 246 g/mol. The number of hydrogen-bond donors (Lipinski definition) is 2. The Kier molecular flexibility index (Phi) is 2.76. The molecule has 1 aromatic carbocycles. The van der Waals surface area contributed by atoms with Crippen LogP contribution in [0.25, 0.3) is 0 Å². The highest BCUT2D eigenvalue weighted by atomic mass is 79.9. The lowest BCUT2D eigenvalue weighted by Gasteiger charge is -2.24. The molecule has 0 saturated carbocycles. The number of fused-ring (bicyclic) bond motifs is 1. The zero-order valence-corrected chi connectivity index (χ0v) is 9.47. The van der Waals surface area contributed by atoms with Crippen molar-refractivity contribution in [1.29, 1.82) is 0 Å². The van der Waals surface area contributed by atoms with Crippen molar-refractivity contribution < 1.29 is 9.84 Å². The molecule has 0 radical (unpaired) electrons.